The second kappa shape index (κ2) is 8.19. The summed E-state index contributed by atoms with van der Waals surface area (Å²) in [5, 5.41) is 0. The number of hydrogen-bond acceptors (Lipinski definition) is 1. The van der Waals surface area contributed by atoms with E-state index in [0.717, 1.165) is 0 Å². The molecule has 0 saturated carbocycles. The fourth-order valence-electron chi connectivity index (χ4n) is 0.813. The largest absolute Gasteiger partial charge is 0.157 e. The van der Waals surface area contributed by atoms with E-state index in [-0.39, 0.29) is 0 Å². The number of thioether (sulfide) groups is 1. The summed E-state index contributed by atoms with van der Waals surface area (Å²) in [6, 6.07) is 0. The molecule has 0 aliphatic rings. The molecule has 65 valence electrons. The first kappa shape index (κ1) is 11.1. The quantitative estimate of drug-likeness (QED) is 0.411. The molecular weight excluding hydrogens is 152 g/mol. The van der Waals surface area contributed by atoms with Gasteiger partial charge in [0.15, 0.2) is 0 Å². The number of allylic oxidation sites excluding steroid dienone is 1. The van der Waals surface area contributed by atoms with Crippen molar-refractivity contribution in [2.45, 2.75) is 39.5 Å². The summed E-state index contributed by atoms with van der Waals surface area (Å²) in [4.78, 5) is 0. The Hall–Kier alpha value is 0.0900. The summed E-state index contributed by atoms with van der Waals surface area (Å²) in [6.07, 6.45) is 5.02. The minimum atomic E-state index is 1.19. The minimum Gasteiger partial charge on any atom is -0.157 e. The number of rotatable bonds is 7. The van der Waals surface area contributed by atoms with E-state index < -0.39 is 0 Å². The SMILES string of the molecule is C=C(C)CCCCS[CH]CC. The first-order chi connectivity index (χ1) is 5.27. The van der Waals surface area contributed by atoms with Crippen LogP contribution in [-0.2, 0) is 0 Å². The molecule has 0 rings (SSSR count). The summed E-state index contributed by atoms with van der Waals surface area (Å²) in [5.74, 6) is 3.56. The third kappa shape index (κ3) is 10.1. The molecule has 0 aliphatic heterocycles. The van der Waals surface area contributed by atoms with Crippen LogP contribution < -0.4 is 0 Å². The summed E-state index contributed by atoms with van der Waals surface area (Å²) in [5.41, 5.74) is 1.31. The first-order valence-electron chi connectivity index (χ1n) is 4.35. The van der Waals surface area contributed by atoms with Crippen molar-refractivity contribution in [1.82, 2.24) is 0 Å². The molecule has 0 aromatic carbocycles. The van der Waals surface area contributed by atoms with E-state index in [0.29, 0.717) is 0 Å². The molecular formula is C10H19S. The van der Waals surface area contributed by atoms with Crippen LogP contribution in [0.3, 0.4) is 0 Å². The molecule has 1 heteroatoms. The molecule has 11 heavy (non-hydrogen) atoms. The number of hydrogen-bond donors (Lipinski definition) is 0. The standard InChI is InChI=1S/C10H19S/c1-4-8-11-9-6-5-7-10(2)3/h8H,2,4-7,9H2,1,3H3. The Labute approximate surface area is 75.5 Å². The van der Waals surface area contributed by atoms with Crippen LogP contribution in [0.15, 0.2) is 12.2 Å². The lowest BCUT2D eigenvalue weighted by Gasteiger charge is -1.99. The smallest absolute Gasteiger partial charge is 0.0163 e. The van der Waals surface area contributed by atoms with Crippen LogP contribution in [0.2, 0.25) is 0 Å². The van der Waals surface area contributed by atoms with Crippen LogP contribution in [0.25, 0.3) is 0 Å². The summed E-state index contributed by atoms with van der Waals surface area (Å²) >= 11 is 1.95. The van der Waals surface area contributed by atoms with Crippen LogP contribution in [-0.4, -0.2) is 5.75 Å². The highest BCUT2D eigenvalue weighted by molar-refractivity contribution is 8.01. The second-order valence-corrected chi connectivity index (χ2v) is 3.93. The van der Waals surface area contributed by atoms with Gasteiger partial charge >= 0.3 is 0 Å². The predicted octanol–water partition coefficient (Wildman–Crippen LogP) is 4.04. The van der Waals surface area contributed by atoms with Crippen molar-refractivity contribution in [2.24, 2.45) is 0 Å². The van der Waals surface area contributed by atoms with Gasteiger partial charge in [-0.25, -0.2) is 0 Å². The highest BCUT2D eigenvalue weighted by Crippen LogP contribution is 2.12. The van der Waals surface area contributed by atoms with Crippen LogP contribution >= 0.6 is 11.8 Å². The van der Waals surface area contributed by atoms with E-state index in [1.165, 1.54) is 37.0 Å². The Kier molecular flexibility index (Phi) is 8.26. The fraction of sp³-hybridized carbons (Fsp3) is 0.700. The van der Waals surface area contributed by atoms with Crippen LogP contribution in [0.4, 0.5) is 0 Å². The van der Waals surface area contributed by atoms with Crippen LogP contribution in [0.1, 0.15) is 39.5 Å². The van der Waals surface area contributed by atoms with Crippen molar-refractivity contribution < 1.29 is 0 Å². The van der Waals surface area contributed by atoms with Gasteiger partial charge < -0.3 is 0 Å². The highest BCUT2D eigenvalue weighted by Gasteiger charge is 1.89. The third-order valence-corrected chi connectivity index (χ3v) is 2.49. The monoisotopic (exact) mass is 171 g/mol. The normalized spacial score (nSPS) is 10.0. The molecule has 0 atom stereocenters. The van der Waals surface area contributed by atoms with E-state index in [1.807, 2.05) is 11.8 Å². The van der Waals surface area contributed by atoms with Crippen molar-refractivity contribution >= 4 is 11.8 Å². The molecule has 0 N–H and O–H groups in total. The van der Waals surface area contributed by atoms with Gasteiger partial charge in [-0.15, -0.1) is 6.58 Å². The molecule has 0 aliphatic carbocycles. The highest BCUT2D eigenvalue weighted by atomic mass is 32.2. The molecule has 0 heterocycles. The zero-order valence-electron chi connectivity index (χ0n) is 7.73. The van der Waals surface area contributed by atoms with Gasteiger partial charge in [0.2, 0.25) is 0 Å². The molecule has 0 nitrogen and oxygen atoms in total. The zero-order chi connectivity index (χ0) is 8.53. The van der Waals surface area contributed by atoms with Gasteiger partial charge in [0.25, 0.3) is 0 Å². The molecule has 0 fully saturated rings. The lowest BCUT2D eigenvalue weighted by molar-refractivity contribution is 0.797. The average Bonchev–Trinajstić information content (AvgIpc) is 1.96. The molecule has 0 saturated heterocycles. The van der Waals surface area contributed by atoms with Crippen molar-refractivity contribution in [3.05, 3.63) is 17.9 Å². The molecule has 0 aromatic rings. The van der Waals surface area contributed by atoms with E-state index >= 15 is 0 Å². The van der Waals surface area contributed by atoms with Gasteiger partial charge in [-0.1, -0.05) is 12.5 Å². The van der Waals surface area contributed by atoms with Crippen LogP contribution in [0.5, 0.6) is 0 Å². The van der Waals surface area contributed by atoms with Gasteiger partial charge in [-0.05, 0) is 38.4 Å². The maximum Gasteiger partial charge on any atom is 0.0163 e. The maximum atomic E-state index is 3.87. The number of unbranched alkanes of at least 4 members (excludes halogenated alkanes) is 1. The van der Waals surface area contributed by atoms with Crippen LogP contribution in [0, 0.1) is 5.75 Å². The lowest BCUT2D eigenvalue weighted by Crippen LogP contribution is -1.81. The van der Waals surface area contributed by atoms with E-state index in [4.69, 9.17) is 0 Å². The summed E-state index contributed by atoms with van der Waals surface area (Å²) in [7, 11) is 0. The molecule has 0 amide bonds. The predicted molar refractivity (Wildman–Crippen MR) is 55.7 cm³/mol. The minimum absolute atomic E-state index is 1.19. The second-order valence-electron chi connectivity index (χ2n) is 2.86. The van der Waals surface area contributed by atoms with Crippen molar-refractivity contribution in [2.75, 3.05) is 5.75 Å². The van der Waals surface area contributed by atoms with E-state index in [9.17, 15) is 0 Å². The van der Waals surface area contributed by atoms with Crippen molar-refractivity contribution in [3.8, 4) is 0 Å². The Bertz CT molecular complexity index is 97.0. The Morgan fingerprint density at radius 1 is 1.45 bits per heavy atom. The maximum absolute atomic E-state index is 3.87. The fourth-order valence-corrected chi connectivity index (χ4v) is 1.59. The molecule has 0 unspecified atom stereocenters. The topological polar surface area (TPSA) is 0 Å². The summed E-state index contributed by atoms with van der Waals surface area (Å²) in [6.45, 7) is 8.16. The Morgan fingerprint density at radius 2 is 2.18 bits per heavy atom. The average molecular weight is 171 g/mol. The molecule has 0 spiro atoms. The summed E-state index contributed by atoms with van der Waals surface area (Å²) < 4.78 is 0. The van der Waals surface area contributed by atoms with Crippen molar-refractivity contribution in [1.29, 1.82) is 0 Å². The van der Waals surface area contributed by atoms with E-state index in [1.54, 1.807) is 0 Å². The Balaban J connectivity index is 2.85. The Morgan fingerprint density at radius 3 is 2.73 bits per heavy atom. The third-order valence-electron chi connectivity index (χ3n) is 1.40. The lowest BCUT2D eigenvalue weighted by atomic mass is 10.2. The zero-order valence-corrected chi connectivity index (χ0v) is 8.54. The first-order valence-corrected chi connectivity index (χ1v) is 5.40. The van der Waals surface area contributed by atoms with Gasteiger partial charge in [-0.2, -0.15) is 11.8 Å². The van der Waals surface area contributed by atoms with Gasteiger partial charge in [0.05, 0.1) is 0 Å². The van der Waals surface area contributed by atoms with Gasteiger partial charge in [0.1, 0.15) is 0 Å². The van der Waals surface area contributed by atoms with Crippen molar-refractivity contribution in [3.63, 3.8) is 0 Å². The molecule has 0 bridgehead atoms. The van der Waals surface area contributed by atoms with E-state index in [2.05, 4.69) is 26.2 Å². The van der Waals surface area contributed by atoms with Gasteiger partial charge in [0, 0.05) is 5.75 Å². The van der Waals surface area contributed by atoms with Gasteiger partial charge in [-0.3, -0.25) is 0 Å². The molecule has 1 radical (unpaired) electrons. The molecule has 0 aromatic heterocycles.